The number of hydrogen-bond acceptors (Lipinski definition) is 5. The number of nitrogens with zero attached hydrogens (tertiary/aromatic N) is 2. The van der Waals surface area contributed by atoms with Crippen molar-refractivity contribution < 1.29 is 18.7 Å². The number of alkyl halides is 1. The van der Waals surface area contributed by atoms with E-state index in [4.69, 9.17) is 21.1 Å². The molecule has 1 aromatic heterocycles. The lowest BCUT2D eigenvalue weighted by atomic mass is 9.85. The van der Waals surface area contributed by atoms with Gasteiger partial charge in [0.15, 0.2) is 0 Å². The normalized spacial score (nSPS) is 34.2. The van der Waals surface area contributed by atoms with E-state index in [9.17, 15) is 9.18 Å². The molecule has 1 aliphatic carbocycles. The Morgan fingerprint density at radius 3 is 2.74 bits per heavy atom. The van der Waals surface area contributed by atoms with E-state index in [2.05, 4.69) is 21.3 Å². The molecule has 1 saturated carbocycles. The first-order valence-electron chi connectivity index (χ1n) is 12.3. The molecular weight excluding hydrogens is 457 g/mol. The molecule has 6 rings (SSSR count). The van der Waals surface area contributed by atoms with E-state index < -0.39 is 11.7 Å². The molecule has 4 aliphatic rings. The number of pyridine rings is 1. The molecule has 1 N–H and O–H groups in total. The molecule has 0 bridgehead atoms. The summed E-state index contributed by atoms with van der Waals surface area (Å²) < 4.78 is 25.4. The Hall–Kier alpha value is -1.80. The van der Waals surface area contributed by atoms with E-state index >= 15 is 0 Å². The third kappa shape index (κ3) is 3.81. The van der Waals surface area contributed by atoms with Crippen LogP contribution in [0.2, 0.25) is 5.02 Å². The smallest absolute Gasteiger partial charge is 0.229 e. The molecule has 4 fully saturated rings. The Balaban J connectivity index is 1.16. The average molecular weight is 488 g/mol. The number of halogens is 2. The number of benzene rings is 1. The molecule has 4 heterocycles. The number of piperidine rings is 1. The number of aromatic nitrogens is 1. The van der Waals surface area contributed by atoms with Gasteiger partial charge in [0, 0.05) is 34.5 Å². The maximum absolute atomic E-state index is 14.5. The van der Waals surface area contributed by atoms with Crippen molar-refractivity contribution in [1.29, 1.82) is 0 Å². The van der Waals surface area contributed by atoms with Gasteiger partial charge in [-0.2, -0.15) is 0 Å². The molecule has 1 aromatic carbocycles. The second-order valence-electron chi connectivity index (χ2n) is 10.8. The number of hydrogen-bond donors (Lipinski definition) is 1. The average Bonchev–Trinajstić information content (AvgIpc) is 3.14. The van der Waals surface area contributed by atoms with Gasteiger partial charge >= 0.3 is 0 Å². The second-order valence-corrected chi connectivity index (χ2v) is 11.2. The van der Waals surface area contributed by atoms with E-state index in [0.29, 0.717) is 24.9 Å². The quantitative estimate of drug-likeness (QED) is 0.685. The Labute approximate surface area is 204 Å². The predicted octanol–water partition coefficient (Wildman–Crippen LogP) is 4.56. The summed E-state index contributed by atoms with van der Waals surface area (Å²) in [6.45, 7) is 5.70. The Morgan fingerprint density at radius 2 is 2.03 bits per heavy atom. The summed E-state index contributed by atoms with van der Waals surface area (Å²) in [7, 11) is 0. The molecule has 2 aromatic rings. The fourth-order valence-electron chi connectivity index (χ4n) is 6.18. The van der Waals surface area contributed by atoms with Crippen LogP contribution in [0.5, 0.6) is 0 Å². The second kappa shape index (κ2) is 8.40. The molecule has 3 aliphatic heterocycles. The van der Waals surface area contributed by atoms with Crippen LogP contribution in [0.15, 0.2) is 24.4 Å². The van der Waals surface area contributed by atoms with Crippen LogP contribution < -0.4 is 5.32 Å². The summed E-state index contributed by atoms with van der Waals surface area (Å²) in [5.41, 5.74) is 0.647. The topological polar surface area (TPSA) is 63.7 Å². The number of nitrogens with one attached hydrogen (secondary N) is 1. The summed E-state index contributed by atoms with van der Waals surface area (Å²) in [5.74, 6) is 0.950. The van der Waals surface area contributed by atoms with Crippen molar-refractivity contribution in [3.05, 3.63) is 35.0 Å². The lowest BCUT2D eigenvalue weighted by Gasteiger charge is -2.43. The minimum absolute atomic E-state index is 0.0227. The standard InChI is InChI=1S/C26H31ClFN3O3/c1-25(14-34-13-22(25)28)31-5-2-16(3-6-31)19-8-17-10-23(29-12-18(17)9-21(19)27)30-24(32)20-11-26(20)4-7-33-15-26/h8-10,12,16,20,22H,2-7,11,13-15H2,1H3,(H,29,30,32)/t20-,22-,25+,26?/m1/s1. The summed E-state index contributed by atoms with van der Waals surface area (Å²) in [4.78, 5) is 19.5. The minimum Gasteiger partial charge on any atom is -0.381 e. The van der Waals surface area contributed by atoms with Crippen LogP contribution in [0, 0.1) is 11.3 Å². The molecule has 1 amide bonds. The van der Waals surface area contributed by atoms with Crippen LogP contribution >= 0.6 is 11.6 Å². The molecule has 1 spiro atoms. The van der Waals surface area contributed by atoms with Crippen LogP contribution in [0.25, 0.3) is 10.8 Å². The zero-order valence-electron chi connectivity index (χ0n) is 19.5. The fraction of sp³-hybridized carbons (Fsp3) is 0.615. The van der Waals surface area contributed by atoms with Gasteiger partial charge in [-0.25, -0.2) is 9.37 Å². The fourth-order valence-corrected chi connectivity index (χ4v) is 6.51. The Bertz CT molecular complexity index is 1120. The van der Waals surface area contributed by atoms with Crippen molar-refractivity contribution in [3.63, 3.8) is 0 Å². The Kier molecular flexibility index (Phi) is 5.60. The van der Waals surface area contributed by atoms with Crippen LogP contribution in [0.1, 0.15) is 44.1 Å². The largest absolute Gasteiger partial charge is 0.381 e. The monoisotopic (exact) mass is 487 g/mol. The van der Waals surface area contributed by atoms with Crippen molar-refractivity contribution >= 4 is 34.1 Å². The molecule has 0 radical (unpaired) electrons. The lowest BCUT2D eigenvalue weighted by molar-refractivity contribution is -0.118. The van der Waals surface area contributed by atoms with Crippen LogP contribution in [0.4, 0.5) is 10.2 Å². The number of fused-ring (bicyclic) bond motifs is 1. The predicted molar refractivity (Wildman–Crippen MR) is 129 cm³/mol. The summed E-state index contributed by atoms with van der Waals surface area (Å²) in [6.07, 6.45) is 4.55. The number of amides is 1. The van der Waals surface area contributed by atoms with Crippen LogP contribution in [0.3, 0.4) is 0 Å². The number of rotatable bonds is 4. The zero-order valence-corrected chi connectivity index (χ0v) is 20.2. The summed E-state index contributed by atoms with van der Waals surface area (Å²) in [6, 6.07) is 6.04. The van der Waals surface area contributed by atoms with Crippen molar-refractivity contribution in [2.75, 3.05) is 44.8 Å². The van der Waals surface area contributed by atoms with Gasteiger partial charge in [0.25, 0.3) is 0 Å². The highest BCUT2D eigenvalue weighted by molar-refractivity contribution is 6.32. The van der Waals surface area contributed by atoms with Crippen molar-refractivity contribution in [2.24, 2.45) is 11.3 Å². The van der Waals surface area contributed by atoms with Crippen molar-refractivity contribution in [3.8, 4) is 0 Å². The van der Waals surface area contributed by atoms with Gasteiger partial charge < -0.3 is 14.8 Å². The number of carbonyl (C=O) groups is 1. The van der Waals surface area contributed by atoms with Crippen molar-refractivity contribution in [2.45, 2.75) is 50.2 Å². The number of ether oxygens (including phenoxy) is 2. The Morgan fingerprint density at radius 1 is 1.21 bits per heavy atom. The number of carbonyl (C=O) groups excluding carboxylic acids is 1. The summed E-state index contributed by atoms with van der Waals surface area (Å²) >= 11 is 6.69. The van der Waals surface area contributed by atoms with Crippen LogP contribution in [-0.4, -0.2) is 67.0 Å². The third-order valence-corrected chi connectivity index (χ3v) is 9.05. The highest BCUT2D eigenvalue weighted by Crippen LogP contribution is 2.58. The van der Waals surface area contributed by atoms with Gasteiger partial charge in [-0.3, -0.25) is 9.69 Å². The first-order chi connectivity index (χ1) is 16.4. The van der Waals surface area contributed by atoms with Gasteiger partial charge in [0.2, 0.25) is 5.91 Å². The van der Waals surface area contributed by atoms with Gasteiger partial charge in [-0.15, -0.1) is 0 Å². The minimum atomic E-state index is -0.943. The highest BCUT2D eigenvalue weighted by Gasteiger charge is 2.59. The van der Waals surface area contributed by atoms with Gasteiger partial charge in [0.1, 0.15) is 12.0 Å². The molecule has 8 heteroatoms. The van der Waals surface area contributed by atoms with E-state index in [0.717, 1.165) is 66.7 Å². The SMILES string of the molecule is C[C@]1(N2CCC(c3cc4cc(NC(=O)[C@H]5CC56CCOC6)ncc4cc3Cl)CC2)COC[C@H]1F. The van der Waals surface area contributed by atoms with Gasteiger partial charge in [-0.05, 0) is 80.8 Å². The number of anilines is 1. The highest BCUT2D eigenvalue weighted by atomic mass is 35.5. The van der Waals surface area contributed by atoms with E-state index in [1.807, 2.05) is 19.1 Å². The molecule has 4 atom stereocenters. The molecule has 182 valence electrons. The third-order valence-electron chi connectivity index (χ3n) is 8.72. The van der Waals surface area contributed by atoms with E-state index in [1.54, 1.807) is 6.20 Å². The zero-order chi connectivity index (χ0) is 23.5. The summed E-state index contributed by atoms with van der Waals surface area (Å²) in [5, 5.41) is 5.72. The van der Waals surface area contributed by atoms with Gasteiger partial charge in [0.05, 0.1) is 25.4 Å². The van der Waals surface area contributed by atoms with E-state index in [1.165, 1.54) is 0 Å². The van der Waals surface area contributed by atoms with Gasteiger partial charge in [-0.1, -0.05) is 11.6 Å². The lowest BCUT2D eigenvalue weighted by Crippen LogP contribution is -2.55. The van der Waals surface area contributed by atoms with E-state index in [-0.39, 0.29) is 23.8 Å². The molecule has 3 saturated heterocycles. The maximum atomic E-state index is 14.5. The molecule has 1 unspecified atom stereocenters. The number of likely N-dealkylation sites (tertiary alicyclic amines) is 1. The van der Waals surface area contributed by atoms with Crippen molar-refractivity contribution in [1.82, 2.24) is 9.88 Å². The first-order valence-corrected chi connectivity index (χ1v) is 12.7. The van der Waals surface area contributed by atoms with Crippen LogP contribution in [-0.2, 0) is 14.3 Å². The molecular formula is C26H31ClFN3O3. The first kappa shape index (κ1) is 22.7. The molecule has 34 heavy (non-hydrogen) atoms. The maximum Gasteiger partial charge on any atom is 0.229 e. The molecule has 6 nitrogen and oxygen atoms in total.